The van der Waals surface area contributed by atoms with Crippen molar-refractivity contribution < 1.29 is 4.74 Å². The summed E-state index contributed by atoms with van der Waals surface area (Å²) >= 11 is 3.62. The zero-order chi connectivity index (χ0) is 14.7. The maximum atomic E-state index is 6.23. The van der Waals surface area contributed by atoms with E-state index in [4.69, 9.17) is 4.74 Å². The van der Waals surface area contributed by atoms with Crippen LogP contribution in [-0.4, -0.2) is 6.04 Å². The molecule has 0 aliphatic heterocycles. The largest absolute Gasteiger partial charge is 0.485 e. The molecule has 1 fully saturated rings. The molecule has 2 aromatic rings. The summed E-state index contributed by atoms with van der Waals surface area (Å²) in [5, 5.41) is 3.55. The second-order valence-electron chi connectivity index (χ2n) is 5.55. The first-order valence-electron chi connectivity index (χ1n) is 7.46. The van der Waals surface area contributed by atoms with Crippen LogP contribution in [0.25, 0.3) is 0 Å². The lowest BCUT2D eigenvalue weighted by atomic mass is 10.1. The number of para-hydroxylation sites is 1. The Balaban J connectivity index is 1.76. The van der Waals surface area contributed by atoms with Gasteiger partial charge in [-0.3, -0.25) is 0 Å². The van der Waals surface area contributed by atoms with E-state index in [0.29, 0.717) is 6.04 Å². The van der Waals surface area contributed by atoms with E-state index < -0.39 is 0 Å². The molecule has 0 bridgehead atoms. The zero-order valence-corrected chi connectivity index (χ0v) is 13.8. The number of rotatable bonds is 6. The summed E-state index contributed by atoms with van der Waals surface area (Å²) < 4.78 is 7.24. The molecule has 3 rings (SSSR count). The number of halogens is 1. The summed E-state index contributed by atoms with van der Waals surface area (Å²) in [5.74, 6) is 0.946. The molecule has 0 heterocycles. The van der Waals surface area contributed by atoms with E-state index in [1.54, 1.807) is 0 Å². The van der Waals surface area contributed by atoms with Gasteiger partial charge in [0, 0.05) is 18.2 Å². The standard InChI is InChI=1S/C18H20BrNO/c1-13(14-6-3-2-4-7-14)21-18-15(8-5-9-17(18)19)12-20-16-10-11-16/h2-9,13,16,20H,10-12H2,1H3. The van der Waals surface area contributed by atoms with Gasteiger partial charge in [0.2, 0.25) is 0 Å². The minimum atomic E-state index is 0.0320. The number of ether oxygens (including phenoxy) is 1. The highest BCUT2D eigenvalue weighted by Gasteiger charge is 2.21. The van der Waals surface area contributed by atoms with Crippen LogP contribution in [0.1, 0.15) is 37.0 Å². The van der Waals surface area contributed by atoms with Crippen LogP contribution in [0.15, 0.2) is 53.0 Å². The molecule has 1 aliphatic carbocycles. The van der Waals surface area contributed by atoms with E-state index in [0.717, 1.165) is 16.8 Å². The first-order valence-corrected chi connectivity index (χ1v) is 8.25. The Bertz CT molecular complexity index is 595. The summed E-state index contributed by atoms with van der Waals surface area (Å²) in [6.07, 6.45) is 2.62. The Hall–Kier alpha value is -1.32. The van der Waals surface area contributed by atoms with Crippen LogP contribution < -0.4 is 10.1 Å². The molecular weight excluding hydrogens is 326 g/mol. The molecule has 1 N–H and O–H groups in total. The average molecular weight is 346 g/mol. The van der Waals surface area contributed by atoms with Gasteiger partial charge in [0.15, 0.2) is 0 Å². The van der Waals surface area contributed by atoms with Crippen molar-refractivity contribution in [2.45, 2.75) is 38.5 Å². The minimum absolute atomic E-state index is 0.0320. The van der Waals surface area contributed by atoms with Crippen molar-refractivity contribution in [3.63, 3.8) is 0 Å². The Morgan fingerprint density at radius 2 is 1.90 bits per heavy atom. The highest BCUT2D eigenvalue weighted by molar-refractivity contribution is 9.10. The quantitative estimate of drug-likeness (QED) is 0.808. The first-order chi connectivity index (χ1) is 10.2. The summed E-state index contributed by atoms with van der Waals surface area (Å²) in [4.78, 5) is 0. The van der Waals surface area contributed by atoms with Gasteiger partial charge >= 0.3 is 0 Å². The highest BCUT2D eigenvalue weighted by atomic mass is 79.9. The predicted octanol–water partition coefficient (Wildman–Crippen LogP) is 4.84. The van der Waals surface area contributed by atoms with E-state index in [9.17, 15) is 0 Å². The van der Waals surface area contributed by atoms with Crippen LogP contribution in [0.4, 0.5) is 0 Å². The van der Waals surface area contributed by atoms with Gasteiger partial charge in [-0.2, -0.15) is 0 Å². The van der Waals surface area contributed by atoms with Gasteiger partial charge in [0.25, 0.3) is 0 Å². The molecule has 21 heavy (non-hydrogen) atoms. The Morgan fingerprint density at radius 3 is 2.62 bits per heavy atom. The molecule has 0 amide bonds. The summed E-state index contributed by atoms with van der Waals surface area (Å²) in [7, 11) is 0. The van der Waals surface area contributed by atoms with Crippen molar-refractivity contribution >= 4 is 15.9 Å². The van der Waals surface area contributed by atoms with Crippen LogP contribution in [0.2, 0.25) is 0 Å². The van der Waals surface area contributed by atoms with Crippen LogP contribution in [0, 0.1) is 0 Å². The molecule has 2 aromatic carbocycles. The fourth-order valence-corrected chi connectivity index (χ4v) is 2.84. The molecule has 1 aliphatic rings. The fourth-order valence-electron chi connectivity index (χ4n) is 2.34. The molecule has 1 atom stereocenters. The molecule has 110 valence electrons. The first kappa shape index (κ1) is 14.6. The average Bonchev–Trinajstić information content (AvgIpc) is 3.33. The lowest BCUT2D eigenvalue weighted by Crippen LogP contribution is -2.16. The van der Waals surface area contributed by atoms with Gasteiger partial charge in [-0.15, -0.1) is 0 Å². The molecular formula is C18H20BrNO. The normalized spacial score (nSPS) is 15.7. The lowest BCUT2D eigenvalue weighted by molar-refractivity contribution is 0.222. The van der Waals surface area contributed by atoms with Crippen LogP contribution in [0.3, 0.4) is 0 Å². The number of hydrogen-bond acceptors (Lipinski definition) is 2. The smallest absolute Gasteiger partial charge is 0.138 e. The number of benzene rings is 2. The van der Waals surface area contributed by atoms with Crippen molar-refractivity contribution in [2.75, 3.05) is 0 Å². The lowest BCUT2D eigenvalue weighted by Gasteiger charge is -2.19. The van der Waals surface area contributed by atoms with Gasteiger partial charge in [-0.25, -0.2) is 0 Å². The third kappa shape index (κ3) is 3.86. The summed E-state index contributed by atoms with van der Waals surface area (Å²) in [6, 6.07) is 17.3. The number of nitrogens with one attached hydrogen (secondary N) is 1. The fraction of sp³-hybridized carbons (Fsp3) is 0.333. The summed E-state index contributed by atoms with van der Waals surface area (Å²) in [6.45, 7) is 2.95. The van der Waals surface area contributed by atoms with Gasteiger partial charge < -0.3 is 10.1 Å². The van der Waals surface area contributed by atoms with Gasteiger partial charge in [-0.1, -0.05) is 42.5 Å². The van der Waals surface area contributed by atoms with Gasteiger partial charge in [-0.05, 0) is 47.3 Å². The van der Waals surface area contributed by atoms with Gasteiger partial charge in [0.1, 0.15) is 11.9 Å². The summed E-state index contributed by atoms with van der Waals surface area (Å²) in [5.41, 5.74) is 2.40. The van der Waals surface area contributed by atoms with E-state index in [1.807, 2.05) is 24.3 Å². The molecule has 0 saturated heterocycles. The van der Waals surface area contributed by atoms with Crippen LogP contribution >= 0.6 is 15.9 Å². The molecule has 1 unspecified atom stereocenters. The molecule has 0 spiro atoms. The highest BCUT2D eigenvalue weighted by Crippen LogP contribution is 2.33. The monoisotopic (exact) mass is 345 g/mol. The third-order valence-electron chi connectivity index (χ3n) is 3.77. The van der Waals surface area contributed by atoms with Crippen molar-refractivity contribution in [3.8, 4) is 5.75 Å². The topological polar surface area (TPSA) is 21.3 Å². The maximum absolute atomic E-state index is 6.23. The Labute approximate surface area is 134 Å². The third-order valence-corrected chi connectivity index (χ3v) is 4.40. The molecule has 0 radical (unpaired) electrons. The molecule has 2 nitrogen and oxygen atoms in total. The van der Waals surface area contributed by atoms with Crippen LogP contribution in [-0.2, 0) is 6.54 Å². The van der Waals surface area contributed by atoms with E-state index in [2.05, 4.69) is 52.4 Å². The van der Waals surface area contributed by atoms with Crippen molar-refractivity contribution in [1.82, 2.24) is 5.32 Å². The van der Waals surface area contributed by atoms with Crippen molar-refractivity contribution in [3.05, 3.63) is 64.1 Å². The number of hydrogen-bond donors (Lipinski definition) is 1. The van der Waals surface area contributed by atoms with E-state index in [-0.39, 0.29) is 6.10 Å². The minimum Gasteiger partial charge on any atom is -0.485 e. The van der Waals surface area contributed by atoms with Crippen molar-refractivity contribution in [1.29, 1.82) is 0 Å². The maximum Gasteiger partial charge on any atom is 0.138 e. The second-order valence-corrected chi connectivity index (χ2v) is 6.41. The van der Waals surface area contributed by atoms with Gasteiger partial charge in [0.05, 0.1) is 4.47 Å². The van der Waals surface area contributed by atoms with E-state index in [1.165, 1.54) is 24.0 Å². The Morgan fingerprint density at radius 1 is 1.14 bits per heavy atom. The van der Waals surface area contributed by atoms with Crippen molar-refractivity contribution in [2.24, 2.45) is 0 Å². The SMILES string of the molecule is CC(Oc1c(Br)cccc1CNC1CC1)c1ccccc1. The predicted molar refractivity (Wildman–Crippen MR) is 89.5 cm³/mol. The zero-order valence-electron chi connectivity index (χ0n) is 12.2. The Kier molecular flexibility index (Phi) is 4.61. The molecule has 0 aromatic heterocycles. The molecule has 3 heteroatoms. The van der Waals surface area contributed by atoms with E-state index >= 15 is 0 Å². The second kappa shape index (κ2) is 6.63. The van der Waals surface area contributed by atoms with Crippen LogP contribution in [0.5, 0.6) is 5.75 Å². The molecule has 1 saturated carbocycles.